The van der Waals surface area contributed by atoms with Gasteiger partial charge in [-0.15, -0.1) is 0 Å². The molecular weight excluding hydrogens is 375 g/mol. The lowest BCUT2D eigenvalue weighted by Crippen LogP contribution is -2.28. The summed E-state index contributed by atoms with van der Waals surface area (Å²) in [6, 6.07) is 10.4. The van der Waals surface area contributed by atoms with Crippen molar-refractivity contribution < 1.29 is 14.3 Å². The average Bonchev–Trinajstić information content (AvgIpc) is 2.98. The van der Waals surface area contributed by atoms with Gasteiger partial charge in [0.1, 0.15) is 5.75 Å². The summed E-state index contributed by atoms with van der Waals surface area (Å²) < 4.78 is 5.35. The number of anilines is 2. The van der Waals surface area contributed by atoms with Crippen molar-refractivity contribution in [3.8, 4) is 5.75 Å². The molecule has 0 saturated carbocycles. The van der Waals surface area contributed by atoms with Crippen LogP contribution in [-0.4, -0.2) is 25.5 Å². The smallest absolute Gasteiger partial charge is 0.229 e. The molecule has 26 heavy (non-hydrogen) atoms. The van der Waals surface area contributed by atoms with E-state index in [-0.39, 0.29) is 24.8 Å². The number of hydrogen-bond donors (Lipinski definition) is 1. The van der Waals surface area contributed by atoms with Gasteiger partial charge in [-0.05, 0) is 36.8 Å². The molecule has 0 radical (unpaired) electrons. The second-order valence-electron chi connectivity index (χ2n) is 6.18. The molecule has 0 bridgehead atoms. The Bertz CT molecular complexity index is 870. The van der Waals surface area contributed by atoms with Crippen molar-refractivity contribution in [1.29, 1.82) is 0 Å². The lowest BCUT2D eigenvalue weighted by atomic mass is 10.1. The lowest BCUT2D eigenvalue weighted by Gasteiger charge is -2.20. The van der Waals surface area contributed by atoms with Gasteiger partial charge < -0.3 is 15.0 Å². The first-order chi connectivity index (χ1) is 12.4. The van der Waals surface area contributed by atoms with E-state index in [0.29, 0.717) is 27.2 Å². The number of methoxy groups -OCH3 is 1. The minimum atomic E-state index is -0.456. The zero-order chi connectivity index (χ0) is 18.8. The SMILES string of the molecule is COc1cc(Cl)c(C)cc1N1CC(C(=O)Nc2cccc(Cl)c2)CC1=O. The summed E-state index contributed by atoms with van der Waals surface area (Å²) in [6.45, 7) is 2.14. The molecule has 2 aromatic rings. The van der Waals surface area contributed by atoms with Crippen LogP contribution in [0.1, 0.15) is 12.0 Å². The average molecular weight is 393 g/mol. The van der Waals surface area contributed by atoms with E-state index in [1.807, 2.05) is 6.92 Å². The molecule has 2 amide bonds. The van der Waals surface area contributed by atoms with Crippen LogP contribution in [0.2, 0.25) is 10.0 Å². The molecule has 1 aliphatic heterocycles. The van der Waals surface area contributed by atoms with Crippen molar-refractivity contribution >= 4 is 46.4 Å². The number of benzene rings is 2. The standard InChI is InChI=1S/C19H18Cl2N2O3/c1-11-6-16(17(26-2)9-15(11)21)23-10-12(7-18(23)24)19(25)22-14-5-3-4-13(20)8-14/h3-6,8-9,12H,7,10H2,1-2H3,(H,22,25). The van der Waals surface area contributed by atoms with Crippen molar-refractivity contribution in [2.24, 2.45) is 5.92 Å². The van der Waals surface area contributed by atoms with Crippen molar-refractivity contribution in [1.82, 2.24) is 0 Å². The van der Waals surface area contributed by atoms with E-state index >= 15 is 0 Å². The molecule has 1 unspecified atom stereocenters. The maximum Gasteiger partial charge on any atom is 0.229 e. The zero-order valence-electron chi connectivity index (χ0n) is 14.4. The van der Waals surface area contributed by atoms with E-state index in [0.717, 1.165) is 5.56 Å². The highest BCUT2D eigenvalue weighted by Crippen LogP contribution is 2.37. The normalized spacial score (nSPS) is 16.7. The lowest BCUT2D eigenvalue weighted by molar-refractivity contribution is -0.122. The van der Waals surface area contributed by atoms with Gasteiger partial charge in [0.15, 0.2) is 0 Å². The number of carbonyl (C=O) groups excluding carboxylic acids is 2. The number of nitrogens with zero attached hydrogens (tertiary/aromatic N) is 1. The molecule has 1 atom stereocenters. The van der Waals surface area contributed by atoms with E-state index in [4.69, 9.17) is 27.9 Å². The Balaban J connectivity index is 1.78. The van der Waals surface area contributed by atoms with Crippen molar-refractivity contribution in [2.45, 2.75) is 13.3 Å². The van der Waals surface area contributed by atoms with Gasteiger partial charge >= 0.3 is 0 Å². The zero-order valence-corrected chi connectivity index (χ0v) is 15.9. The Hall–Kier alpha value is -2.24. The van der Waals surface area contributed by atoms with Gasteiger partial charge in [0.2, 0.25) is 11.8 Å². The van der Waals surface area contributed by atoms with Crippen molar-refractivity contribution in [3.05, 3.63) is 52.0 Å². The summed E-state index contributed by atoms with van der Waals surface area (Å²) in [5.74, 6) is -0.295. The number of nitrogens with one attached hydrogen (secondary N) is 1. The van der Waals surface area contributed by atoms with Gasteiger partial charge in [-0.25, -0.2) is 0 Å². The summed E-state index contributed by atoms with van der Waals surface area (Å²) in [6.07, 6.45) is 0.136. The molecule has 5 nitrogen and oxygen atoms in total. The first kappa shape index (κ1) is 18.5. The number of rotatable bonds is 4. The Labute approximate surface area is 161 Å². The molecule has 136 valence electrons. The molecule has 0 aromatic heterocycles. The van der Waals surface area contributed by atoms with Crippen LogP contribution in [0.4, 0.5) is 11.4 Å². The quantitative estimate of drug-likeness (QED) is 0.843. The molecule has 0 spiro atoms. The molecule has 7 heteroatoms. The van der Waals surface area contributed by atoms with E-state index in [1.54, 1.807) is 41.3 Å². The van der Waals surface area contributed by atoms with Gasteiger partial charge in [0.25, 0.3) is 0 Å². The van der Waals surface area contributed by atoms with Crippen LogP contribution >= 0.6 is 23.2 Å². The maximum atomic E-state index is 12.5. The van der Waals surface area contributed by atoms with Crippen LogP contribution in [0.15, 0.2) is 36.4 Å². The molecule has 0 aliphatic carbocycles. The van der Waals surface area contributed by atoms with E-state index in [9.17, 15) is 9.59 Å². The van der Waals surface area contributed by atoms with Gasteiger partial charge in [0.05, 0.1) is 18.7 Å². The first-order valence-corrected chi connectivity index (χ1v) is 8.85. The van der Waals surface area contributed by atoms with Crippen molar-refractivity contribution in [2.75, 3.05) is 23.9 Å². The molecule has 1 fully saturated rings. The van der Waals surface area contributed by atoms with Crippen LogP contribution in [0, 0.1) is 12.8 Å². The number of ether oxygens (including phenoxy) is 1. The number of carbonyl (C=O) groups is 2. The monoisotopic (exact) mass is 392 g/mol. The summed E-state index contributed by atoms with van der Waals surface area (Å²) in [4.78, 5) is 26.6. The molecule has 3 rings (SSSR count). The second kappa shape index (κ2) is 7.56. The predicted octanol–water partition coefficient (Wildman–Crippen LogP) is 4.30. The third-order valence-corrected chi connectivity index (χ3v) is 4.98. The highest BCUT2D eigenvalue weighted by Gasteiger charge is 2.36. The molecule has 1 heterocycles. The second-order valence-corrected chi connectivity index (χ2v) is 7.02. The molecule has 1 N–H and O–H groups in total. The van der Waals surface area contributed by atoms with E-state index in [1.165, 1.54) is 7.11 Å². The number of amides is 2. The van der Waals surface area contributed by atoms with Crippen LogP contribution < -0.4 is 15.0 Å². The summed E-state index contributed by atoms with van der Waals surface area (Å²) >= 11 is 12.1. The maximum absolute atomic E-state index is 12.5. The summed E-state index contributed by atoms with van der Waals surface area (Å²) in [5, 5.41) is 3.91. The van der Waals surface area contributed by atoms with Gasteiger partial charge in [-0.2, -0.15) is 0 Å². The number of aryl methyl sites for hydroxylation is 1. The minimum absolute atomic E-state index is 0.128. The highest BCUT2D eigenvalue weighted by atomic mass is 35.5. The van der Waals surface area contributed by atoms with E-state index in [2.05, 4.69) is 5.32 Å². The summed E-state index contributed by atoms with van der Waals surface area (Å²) in [7, 11) is 1.52. The Morgan fingerprint density at radius 3 is 2.73 bits per heavy atom. The fraction of sp³-hybridized carbons (Fsp3) is 0.263. The Morgan fingerprint density at radius 1 is 1.27 bits per heavy atom. The minimum Gasteiger partial charge on any atom is -0.495 e. The van der Waals surface area contributed by atoms with Crippen LogP contribution in [0.5, 0.6) is 5.75 Å². The highest BCUT2D eigenvalue weighted by molar-refractivity contribution is 6.31. The van der Waals surface area contributed by atoms with Crippen LogP contribution in [0.3, 0.4) is 0 Å². The molecular formula is C19H18Cl2N2O3. The number of hydrogen-bond acceptors (Lipinski definition) is 3. The number of halogens is 2. The van der Waals surface area contributed by atoms with Gasteiger partial charge in [-0.1, -0.05) is 29.3 Å². The van der Waals surface area contributed by atoms with Gasteiger partial charge in [0, 0.05) is 34.8 Å². The fourth-order valence-electron chi connectivity index (χ4n) is 2.95. The van der Waals surface area contributed by atoms with E-state index < -0.39 is 5.92 Å². The first-order valence-electron chi connectivity index (χ1n) is 8.10. The third-order valence-electron chi connectivity index (χ3n) is 4.34. The van der Waals surface area contributed by atoms with Crippen LogP contribution in [0.25, 0.3) is 0 Å². The van der Waals surface area contributed by atoms with Crippen LogP contribution in [-0.2, 0) is 9.59 Å². The fourth-order valence-corrected chi connectivity index (χ4v) is 3.29. The largest absolute Gasteiger partial charge is 0.495 e. The summed E-state index contributed by atoms with van der Waals surface area (Å²) in [5.41, 5.74) is 2.06. The topological polar surface area (TPSA) is 58.6 Å². The molecule has 2 aromatic carbocycles. The molecule has 1 aliphatic rings. The third kappa shape index (κ3) is 3.79. The Morgan fingerprint density at radius 2 is 2.04 bits per heavy atom. The Kier molecular flexibility index (Phi) is 5.39. The van der Waals surface area contributed by atoms with Crippen molar-refractivity contribution in [3.63, 3.8) is 0 Å². The predicted molar refractivity (Wildman–Crippen MR) is 103 cm³/mol. The van der Waals surface area contributed by atoms with Gasteiger partial charge in [-0.3, -0.25) is 9.59 Å². The molecule has 1 saturated heterocycles.